The Morgan fingerprint density at radius 1 is 1.25 bits per heavy atom. The smallest absolute Gasteiger partial charge is 0.267 e. The Morgan fingerprint density at radius 2 is 2.11 bits per heavy atom. The van der Waals surface area contributed by atoms with Gasteiger partial charge in [-0.05, 0) is 56.7 Å². The van der Waals surface area contributed by atoms with Gasteiger partial charge in [0.2, 0.25) is 0 Å². The molecule has 2 aromatic heterocycles. The molecule has 0 spiro atoms. The van der Waals surface area contributed by atoms with Crippen LogP contribution in [-0.2, 0) is 4.74 Å². The summed E-state index contributed by atoms with van der Waals surface area (Å²) in [4.78, 5) is 16.5. The average Bonchev–Trinajstić information content (AvgIpc) is 2.74. The largest absolute Gasteiger partial charge is 0.386 e. The second kappa shape index (κ2) is 8.51. The monoisotopic (exact) mass is 384 g/mol. The molecule has 28 heavy (non-hydrogen) atoms. The van der Waals surface area contributed by atoms with Crippen LogP contribution >= 0.6 is 0 Å². The highest BCUT2D eigenvalue weighted by atomic mass is 16.5. The molecule has 1 aliphatic carbocycles. The van der Waals surface area contributed by atoms with E-state index >= 15 is 0 Å². The molecule has 0 amide bonds. The van der Waals surface area contributed by atoms with Gasteiger partial charge in [0, 0.05) is 43.2 Å². The molecule has 1 saturated carbocycles. The third kappa shape index (κ3) is 4.48. The number of aromatic nitrogens is 3. The lowest BCUT2D eigenvalue weighted by Crippen LogP contribution is -2.50. The summed E-state index contributed by atoms with van der Waals surface area (Å²) in [5.74, 6) is 0. The first-order chi connectivity index (χ1) is 13.6. The first-order valence-corrected chi connectivity index (χ1v) is 10.2. The lowest BCUT2D eigenvalue weighted by atomic mass is 9.90. The van der Waals surface area contributed by atoms with Crippen molar-refractivity contribution in [2.24, 2.45) is 0 Å². The Kier molecular flexibility index (Phi) is 5.85. The maximum atomic E-state index is 12.4. The molecule has 7 heteroatoms. The molecule has 2 aromatic rings. The van der Waals surface area contributed by atoms with E-state index in [9.17, 15) is 9.90 Å². The molecule has 0 bridgehead atoms. The van der Waals surface area contributed by atoms with Gasteiger partial charge in [-0.15, -0.1) is 0 Å². The molecule has 1 atom stereocenters. The van der Waals surface area contributed by atoms with Crippen LogP contribution in [0, 0.1) is 0 Å². The van der Waals surface area contributed by atoms with E-state index in [2.05, 4.69) is 15.4 Å². The van der Waals surface area contributed by atoms with Gasteiger partial charge in [0.1, 0.15) is 5.60 Å². The molecule has 7 nitrogen and oxygen atoms in total. The third-order valence-corrected chi connectivity index (χ3v) is 5.85. The number of pyridine rings is 1. The maximum Gasteiger partial charge on any atom is 0.267 e. The SMILES string of the molecule is O=c1ccc(-c2cccnc2)nn1C1CCC(NCC2(O)CCCOC2)CC1. The number of ether oxygens (including phenoxy) is 1. The van der Waals surface area contributed by atoms with Crippen molar-refractivity contribution in [1.29, 1.82) is 0 Å². The first kappa shape index (κ1) is 19.2. The molecular weight excluding hydrogens is 356 g/mol. The standard InChI is InChI=1S/C21H28N4O3/c26-20-9-8-19(16-3-1-11-22-13-16)24-25(20)18-6-4-17(5-7-18)23-14-21(27)10-2-12-28-15-21/h1,3,8-9,11,13,17-18,23,27H,2,4-7,10,12,14-15H2. The molecule has 1 aliphatic heterocycles. The van der Waals surface area contributed by atoms with E-state index in [1.54, 1.807) is 29.2 Å². The zero-order valence-corrected chi connectivity index (χ0v) is 16.1. The predicted molar refractivity (Wildman–Crippen MR) is 106 cm³/mol. The van der Waals surface area contributed by atoms with Gasteiger partial charge in [-0.2, -0.15) is 5.10 Å². The van der Waals surface area contributed by atoms with Crippen molar-refractivity contribution in [3.8, 4) is 11.3 Å². The number of nitrogens with zero attached hydrogens (tertiary/aromatic N) is 3. The van der Waals surface area contributed by atoms with Crippen molar-refractivity contribution >= 4 is 0 Å². The van der Waals surface area contributed by atoms with E-state index in [0.717, 1.165) is 56.4 Å². The molecule has 1 unspecified atom stereocenters. The maximum absolute atomic E-state index is 12.4. The van der Waals surface area contributed by atoms with Gasteiger partial charge in [0.05, 0.1) is 18.3 Å². The minimum Gasteiger partial charge on any atom is -0.386 e. The Bertz CT molecular complexity index is 825. The molecule has 1 saturated heterocycles. The molecule has 150 valence electrons. The fraction of sp³-hybridized carbons (Fsp3) is 0.571. The van der Waals surface area contributed by atoms with Gasteiger partial charge in [0.25, 0.3) is 5.56 Å². The van der Waals surface area contributed by atoms with E-state index in [1.807, 2.05) is 12.1 Å². The minimum atomic E-state index is -0.744. The van der Waals surface area contributed by atoms with Crippen LogP contribution in [0.1, 0.15) is 44.6 Å². The fourth-order valence-corrected chi connectivity index (χ4v) is 4.19. The summed E-state index contributed by atoms with van der Waals surface area (Å²) in [6, 6.07) is 7.65. The van der Waals surface area contributed by atoms with Crippen molar-refractivity contribution < 1.29 is 9.84 Å². The van der Waals surface area contributed by atoms with Gasteiger partial charge < -0.3 is 15.2 Å². The van der Waals surface area contributed by atoms with Gasteiger partial charge in [-0.3, -0.25) is 9.78 Å². The van der Waals surface area contributed by atoms with Crippen molar-refractivity contribution in [3.63, 3.8) is 0 Å². The molecular formula is C21H28N4O3. The second-order valence-electron chi connectivity index (χ2n) is 8.01. The number of hydrogen-bond acceptors (Lipinski definition) is 6. The number of rotatable bonds is 5. The third-order valence-electron chi connectivity index (χ3n) is 5.85. The zero-order valence-electron chi connectivity index (χ0n) is 16.1. The van der Waals surface area contributed by atoms with E-state index in [4.69, 9.17) is 4.74 Å². The van der Waals surface area contributed by atoms with Crippen LogP contribution < -0.4 is 10.9 Å². The van der Waals surface area contributed by atoms with Gasteiger partial charge in [-0.25, -0.2) is 4.68 Å². The van der Waals surface area contributed by atoms with Gasteiger partial charge >= 0.3 is 0 Å². The molecule has 2 aliphatic rings. The molecule has 3 heterocycles. The average molecular weight is 384 g/mol. The summed E-state index contributed by atoms with van der Waals surface area (Å²) in [6.45, 7) is 1.72. The fourth-order valence-electron chi connectivity index (χ4n) is 4.19. The molecule has 0 aromatic carbocycles. The van der Waals surface area contributed by atoms with Crippen LogP contribution in [0.15, 0.2) is 41.5 Å². The number of nitrogens with one attached hydrogen (secondary N) is 1. The van der Waals surface area contributed by atoms with Crippen LogP contribution in [0.25, 0.3) is 11.3 Å². The van der Waals surface area contributed by atoms with Crippen LogP contribution in [0.5, 0.6) is 0 Å². The quantitative estimate of drug-likeness (QED) is 0.819. The molecule has 4 rings (SSSR count). The number of hydrogen-bond donors (Lipinski definition) is 2. The van der Waals surface area contributed by atoms with E-state index in [0.29, 0.717) is 19.2 Å². The summed E-state index contributed by atoms with van der Waals surface area (Å²) in [5, 5.41) is 18.7. The van der Waals surface area contributed by atoms with E-state index in [-0.39, 0.29) is 11.6 Å². The summed E-state index contributed by atoms with van der Waals surface area (Å²) in [7, 11) is 0. The molecule has 0 radical (unpaired) electrons. The van der Waals surface area contributed by atoms with Crippen LogP contribution in [0.4, 0.5) is 0 Å². The summed E-state index contributed by atoms with van der Waals surface area (Å²) < 4.78 is 7.06. The normalized spacial score (nSPS) is 28.2. The number of aliphatic hydroxyl groups is 1. The van der Waals surface area contributed by atoms with E-state index < -0.39 is 5.60 Å². The Labute approximate surface area is 164 Å². The Hall–Kier alpha value is -2.09. The van der Waals surface area contributed by atoms with Crippen molar-refractivity contribution in [2.45, 2.75) is 56.2 Å². The van der Waals surface area contributed by atoms with Crippen LogP contribution in [0.3, 0.4) is 0 Å². The first-order valence-electron chi connectivity index (χ1n) is 10.2. The topological polar surface area (TPSA) is 89.3 Å². The summed E-state index contributed by atoms with van der Waals surface area (Å²) in [5.41, 5.74) is 0.880. The van der Waals surface area contributed by atoms with Gasteiger partial charge in [-0.1, -0.05) is 0 Å². The highest BCUT2D eigenvalue weighted by Gasteiger charge is 2.31. The van der Waals surface area contributed by atoms with Crippen LogP contribution in [0.2, 0.25) is 0 Å². The molecule has 2 N–H and O–H groups in total. The highest BCUT2D eigenvalue weighted by Crippen LogP contribution is 2.28. The predicted octanol–water partition coefficient (Wildman–Crippen LogP) is 1.92. The van der Waals surface area contributed by atoms with Crippen molar-refractivity contribution in [1.82, 2.24) is 20.1 Å². The summed E-state index contributed by atoms with van der Waals surface area (Å²) in [6.07, 6.45) is 8.91. The van der Waals surface area contributed by atoms with Gasteiger partial charge in [0.15, 0.2) is 0 Å². The summed E-state index contributed by atoms with van der Waals surface area (Å²) >= 11 is 0. The Morgan fingerprint density at radius 3 is 2.82 bits per heavy atom. The Balaban J connectivity index is 1.36. The van der Waals surface area contributed by atoms with E-state index in [1.165, 1.54) is 0 Å². The molecule has 2 fully saturated rings. The van der Waals surface area contributed by atoms with Crippen LogP contribution in [-0.4, -0.2) is 51.3 Å². The lowest BCUT2D eigenvalue weighted by molar-refractivity contribution is -0.0848. The van der Waals surface area contributed by atoms with Crippen molar-refractivity contribution in [2.75, 3.05) is 19.8 Å². The second-order valence-corrected chi connectivity index (χ2v) is 8.01. The lowest BCUT2D eigenvalue weighted by Gasteiger charge is -2.35. The van der Waals surface area contributed by atoms with Crippen molar-refractivity contribution in [3.05, 3.63) is 47.0 Å². The highest BCUT2D eigenvalue weighted by molar-refractivity contribution is 5.56. The zero-order chi connectivity index (χ0) is 19.4. The minimum absolute atomic E-state index is 0.0577.